The first-order valence-corrected chi connectivity index (χ1v) is 10.8. The Kier molecular flexibility index (Phi) is 7.79. The SMILES string of the molecule is C=CCOc1c(Cl)cc(/C=C2\SC(=NC(=O)c3ccc(Cl)cc3)NC2=O)cc1OCC. The molecule has 160 valence electrons. The summed E-state index contributed by atoms with van der Waals surface area (Å²) in [5, 5.41) is 3.64. The number of amides is 2. The fourth-order valence-electron chi connectivity index (χ4n) is 2.60. The van der Waals surface area contributed by atoms with Crippen LogP contribution in [0.5, 0.6) is 11.5 Å². The molecule has 0 radical (unpaired) electrons. The molecule has 2 amide bonds. The van der Waals surface area contributed by atoms with E-state index in [-0.39, 0.29) is 17.7 Å². The summed E-state index contributed by atoms with van der Waals surface area (Å²) in [7, 11) is 0. The van der Waals surface area contributed by atoms with Crippen molar-refractivity contribution >= 4 is 58.0 Å². The lowest BCUT2D eigenvalue weighted by molar-refractivity contribution is -0.115. The Bertz CT molecular complexity index is 1080. The number of ether oxygens (including phenoxy) is 2. The van der Waals surface area contributed by atoms with Crippen LogP contribution in [0.15, 0.2) is 59.0 Å². The molecule has 1 saturated heterocycles. The molecule has 3 rings (SSSR count). The van der Waals surface area contributed by atoms with Gasteiger partial charge in [-0.3, -0.25) is 9.59 Å². The summed E-state index contributed by atoms with van der Waals surface area (Å²) in [4.78, 5) is 29.0. The van der Waals surface area contributed by atoms with E-state index in [9.17, 15) is 9.59 Å². The van der Waals surface area contributed by atoms with Crippen LogP contribution >= 0.6 is 35.0 Å². The lowest BCUT2D eigenvalue weighted by Gasteiger charge is -2.13. The molecule has 0 aromatic heterocycles. The highest BCUT2D eigenvalue weighted by Gasteiger charge is 2.25. The van der Waals surface area contributed by atoms with Crippen LogP contribution < -0.4 is 14.8 Å². The third-order valence-electron chi connectivity index (χ3n) is 3.92. The number of rotatable bonds is 7. The lowest BCUT2D eigenvalue weighted by Crippen LogP contribution is -2.20. The first-order chi connectivity index (χ1) is 14.9. The monoisotopic (exact) mass is 476 g/mol. The largest absolute Gasteiger partial charge is 0.490 e. The van der Waals surface area contributed by atoms with Crippen molar-refractivity contribution in [1.29, 1.82) is 0 Å². The van der Waals surface area contributed by atoms with Gasteiger partial charge in [-0.15, -0.1) is 0 Å². The molecule has 1 aliphatic rings. The van der Waals surface area contributed by atoms with Gasteiger partial charge in [0.15, 0.2) is 16.7 Å². The van der Waals surface area contributed by atoms with E-state index >= 15 is 0 Å². The number of amidine groups is 1. The van der Waals surface area contributed by atoms with Gasteiger partial charge in [-0.25, -0.2) is 0 Å². The fraction of sp³-hybridized carbons (Fsp3) is 0.136. The third-order valence-corrected chi connectivity index (χ3v) is 5.36. The zero-order valence-corrected chi connectivity index (χ0v) is 18.8. The van der Waals surface area contributed by atoms with E-state index in [2.05, 4.69) is 16.9 Å². The van der Waals surface area contributed by atoms with Crippen molar-refractivity contribution in [3.8, 4) is 11.5 Å². The number of carbonyl (C=O) groups excluding carboxylic acids is 2. The van der Waals surface area contributed by atoms with Crippen molar-refractivity contribution in [3.05, 3.63) is 75.1 Å². The standard InChI is InChI=1S/C22H18Cl2N2O4S/c1-3-9-30-19-16(24)10-13(11-17(19)29-4-2)12-18-21(28)26-22(31-18)25-20(27)14-5-7-15(23)8-6-14/h3,5-8,10-12H,1,4,9H2,2H3,(H,25,26,27,28)/b18-12-. The number of aliphatic imine (C=N–C) groups is 1. The van der Waals surface area contributed by atoms with Gasteiger partial charge in [0.2, 0.25) is 0 Å². The average Bonchev–Trinajstić information content (AvgIpc) is 3.06. The van der Waals surface area contributed by atoms with Crippen LogP contribution in [0.1, 0.15) is 22.8 Å². The van der Waals surface area contributed by atoms with Crippen molar-refractivity contribution in [2.75, 3.05) is 13.2 Å². The number of halogens is 2. The van der Waals surface area contributed by atoms with Gasteiger partial charge in [-0.1, -0.05) is 35.9 Å². The summed E-state index contributed by atoms with van der Waals surface area (Å²) in [6.45, 7) is 6.16. The van der Waals surface area contributed by atoms with Crippen molar-refractivity contribution in [3.63, 3.8) is 0 Å². The zero-order chi connectivity index (χ0) is 22.4. The minimum Gasteiger partial charge on any atom is -0.490 e. The van der Waals surface area contributed by atoms with Gasteiger partial charge in [0.1, 0.15) is 6.61 Å². The Morgan fingerprint density at radius 2 is 1.97 bits per heavy atom. The average molecular weight is 477 g/mol. The molecule has 6 nitrogen and oxygen atoms in total. The van der Waals surface area contributed by atoms with E-state index in [4.69, 9.17) is 32.7 Å². The molecule has 1 N–H and O–H groups in total. The summed E-state index contributed by atoms with van der Waals surface area (Å²) in [5.41, 5.74) is 1.01. The first-order valence-electron chi connectivity index (χ1n) is 9.20. The predicted molar refractivity (Wildman–Crippen MR) is 125 cm³/mol. The van der Waals surface area contributed by atoms with Crippen molar-refractivity contribution in [1.82, 2.24) is 5.32 Å². The molecule has 0 spiro atoms. The van der Waals surface area contributed by atoms with Gasteiger partial charge in [0.25, 0.3) is 11.8 Å². The molecule has 0 unspecified atom stereocenters. The third kappa shape index (κ3) is 5.91. The minimum atomic E-state index is -0.480. The summed E-state index contributed by atoms with van der Waals surface area (Å²) in [6.07, 6.45) is 3.24. The van der Waals surface area contributed by atoms with Gasteiger partial charge < -0.3 is 14.8 Å². The summed E-state index contributed by atoms with van der Waals surface area (Å²) >= 11 is 13.2. The Labute approximate surface area is 193 Å². The van der Waals surface area contributed by atoms with Crippen LogP contribution in [0.4, 0.5) is 0 Å². The second kappa shape index (κ2) is 10.5. The van der Waals surface area contributed by atoms with Crippen LogP contribution in [0, 0.1) is 0 Å². The minimum absolute atomic E-state index is 0.193. The number of benzene rings is 2. The summed E-state index contributed by atoms with van der Waals surface area (Å²) in [6, 6.07) is 9.73. The molecule has 31 heavy (non-hydrogen) atoms. The van der Waals surface area contributed by atoms with Gasteiger partial charge >= 0.3 is 0 Å². The molecule has 2 aromatic rings. The summed E-state index contributed by atoms with van der Waals surface area (Å²) in [5.74, 6) is 0.0173. The van der Waals surface area contributed by atoms with Crippen molar-refractivity contribution in [2.24, 2.45) is 4.99 Å². The highest BCUT2D eigenvalue weighted by Crippen LogP contribution is 2.38. The molecule has 0 atom stereocenters. The number of nitrogens with zero attached hydrogens (tertiary/aromatic N) is 1. The Balaban J connectivity index is 1.83. The van der Waals surface area contributed by atoms with E-state index in [0.717, 1.165) is 11.8 Å². The van der Waals surface area contributed by atoms with Crippen LogP contribution in [0.3, 0.4) is 0 Å². The molecule has 0 bridgehead atoms. The van der Waals surface area contributed by atoms with Crippen molar-refractivity contribution < 1.29 is 19.1 Å². The normalized spacial score (nSPS) is 15.8. The van der Waals surface area contributed by atoms with E-state index in [1.807, 2.05) is 6.92 Å². The molecular weight excluding hydrogens is 459 g/mol. The topological polar surface area (TPSA) is 77.0 Å². The number of thioether (sulfide) groups is 1. The van der Waals surface area contributed by atoms with Crippen LogP contribution in [0.2, 0.25) is 10.0 Å². The quantitative estimate of drug-likeness (QED) is 0.429. The molecular formula is C22H18Cl2N2O4S. The summed E-state index contributed by atoms with van der Waals surface area (Å²) < 4.78 is 11.2. The number of nitrogens with one attached hydrogen (secondary N) is 1. The Morgan fingerprint density at radius 3 is 2.65 bits per heavy atom. The number of carbonyl (C=O) groups is 2. The second-order valence-corrected chi connectivity index (χ2v) is 8.03. The van der Waals surface area contributed by atoms with E-state index in [0.29, 0.717) is 44.2 Å². The Hall–Kier alpha value is -2.74. The Morgan fingerprint density at radius 1 is 1.23 bits per heavy atom. The van der Waals surface area contributed by atoms with E-state index < -0.39 is 5.91 Å². The number of hydrogen-bond acceptors (Lipinski definition) is 5. The maximum absolute atomic E-state index is 12.3. The zero-order valence-electron chi connectivity index (χ0n) is 16.5. The molecule has 1 fully saturated rings. The fourth-order valence-corrected chi connectivity index (χ4v) is 3.82. The molecule has 1 aliphatic heterocycles. The van der Waals surface area contributed by atoms with Crippen LogP contribution in [-0.4, -0.2) is 30.2 Å². The van der Waals surface area contributed by atoms with E-state index in [1.54, 1.807) is 48.6 Å². The molecule has 0 saturated carbocycles. The van der Waals surface area contributed by atoms with Gasteiger partial charge in [-0.05, 0) is 66.7 Å². The molecule has 9 heteroatoms. The molecule has 0 aliphatic carbocycles. The second-order valence-electron chi connectivity index (χ2n) is 6.16. The first kappa shape index (κ1) is 22.9. The molecule has 2 aromatic carbocycles. The van der Waals surface area contributed by atoms with Crippen LogP contribution in [-0.2, 0) is 4.79 Å². The van der Waals surface area contributed by atoms with Gasteiger partial charge in [-0.2, -0.15) is 4.99 Å². The van der Waals surface area contributed by atoms with Crippen LogP contribution in [0.25, 0.3) is 6.08 Å². The smallest absolute Gasteiger partial charge is 0.279 e. The highest BCUT2D eigenvalue weighted by molar-refractivity contribution is 8.18. The van der Waals surface area contributed by atoms with Gasteiger partial charge in [0.05, 0.1) is 16.5 Å². The number of hydrogen-bond donors (Lipinski definition) is 1. The lowest BCUT2D eigenvalue weighted by atomic mass is 10.2. The van der Waals surface area contributed by atoms with Gasteiger partial charge in [0, 0.05) is 10.6 Å². The highest BCUT2D eigenvalue weighted by atomic mass is 35.5. The maximum atomic E-state index is 12.3. The maximum Gasteiger partial charge on any atom is 0.279 e. The predicted octanol–water partition coefficient (Wildman–Crippen LogP) is 5.36. The molecule has 1 heterocycles. The van der Waals surface area contributed by atoms with Crippen molar-refractivity contribution in [2.45, 2.75) is 6.92 Å². The van der Waals surface area contributed by atoms with E-state index in [1.165, 1.54) is 0 Å².